The van der Waals surface area contributed by atoms with E-state index in [4.69, 9.17) is 16.6 Å². The number of hydrogen-bond donors (Lipinski definition) is 2. The zero-order valence-electron chi connectivity index (χ0n) is 16.3. The molecule has 6 nitrogen and oxygen atoms in total. The topological polar surface area (TPSA) is 67.1 Å². The maximum atomic E-state index is 6.12. The number of aliphatic imine (C=N–C) groups is 1. The molecule has 0 saturated carbocycles. The van der Waals surface area contributed by atoms with Gasteiger partial charge < -0.3 is 15.2 Å². The van der Waals surface area contributed by atoms with Crippen molar-refractivity contribution in [1.82, 2.24) is 25.4 Å². The summed E-state index contributed by atoms with van der Waals surface area (Å²) in [6, 6.07) is 8.01. The number of hydrogen-bond acceptors (Lipinski definition) is 4. The number of nitrogens with zero attached hydrogens (tertiary/aromatic N) is 4. The van der Waals surface area contributed by atoms with E-state index in [1.165, 1.54) is 0 Å². The largest absolute Gasteiger partial charge is 0.355 e. The van der Waals surface area contributed by atoms with Gasteiger partial charge in [-0.2, -0.15) is 11.8 Å². The Morgan fingerprint density at radius 1 is 1.41 bits per heavy atom. The highest BCUT2D eigenvalue weighted by atomic mass is 35.5. The first-order valence-corrected chi connectivity index (χ1v) is 11.1. The SMILES string of the molecule is CCc1nncn1CCNC(=NCCCSC)NC(C)c1cccc(Cl)c1. The van der Waals surface area contributed by atoms with Gasteiger partial charge in [0.2, 0.25) is 0 Å². The lowest BCUT2D eigenvalue weighted by atomic mass is 10.1. The lowest BCUT2D eigenvalue weighted by Crippen LogP contribution is -2.40. The second-order valence-corrected chi connectivity index (χ2v) is 7.64. The van der Waals surface area contributed by atoms with Gasteiger partial charge in [0.1, 0.15) is 12.2 Å². The molecule has 0 fully saturated rings. The van der Waals surface area contributed by atoms with Gasteiger partial charge in [0.15, 0.2) is 5.96 Å². The third-order valence-corrected chi connectivity index (χ3v) is 5.07. The molecule has 0 amide bonds. The zero-order valence-corrected chi connectivity index (χ0v) is 17.9. The van der Waals surface area contributed by atoms with E-state index >= 15 is 0 Å². The highest BCUT2D eigenvalue weighted by molar-refractivity contribution is 7.98. The summed E-state index contributed by atoms with van der Waals surface area (Å²) in [5.74, 6) is 2.92. The Labute approximate surface area is 171 Å². The van der Waals surface area contributed by atoms with Crippen LogP contribution in [-0.2, 0) is 13.0 Å². The lowest BCUT2D eigenvalue weighted by molar-refractivity contribution is 0.619. The predicted octanol–water partition coefficient (Wildman–Crippen LogP) is 3.54. The molecule has 1 aromatic carbocycles. The number of thioether (sulfide) groups is 1. The molecule has 1 unspecified atom stereocenters. The molecule has 1 heterocycles. The minimum Gasteiger partial charge on any atom is -0.355 e. The predicted molar refractivity (Wildman–Crippen MR) is 116 cm³/mol. The molecule has 2 rings (SSSR count). The summed E-state index contributed by atoms with van der Waals surface area (Å²) in [5, 5.41) is 15.8. The van der Waals surface area contributed by atoms with Crippen molar-refractivity contribution in [3.05, 3.63) is 47.0 Å². The van der Waals surface area contributed by atoms with Crippen LogP contribution < -0.4 is 10.6 Å². The number of aryl methyl sites for hydroxylation is 1. The van der Waals surface area contributed by atoms with Crippen LogP contribution >= 0.6 is 23.4 Å². The first kappa shape index (κ1) is 21.6. The molecule has 2 aromatic rings. The monoisotopic (exact) mass is 408 g/mol. The van der Waals surface area contributed by atoms with Crippen LogP contribution in [0.5, 0.6) is 0 Å². The van der Waals surface area contributed by atoms with E-state index < -0.39 is 0 Å². The summed E-state index contributed by atoms with van der Waals surface area (Å²) >= 11 is 7.97. The summed E-state index contributed by atoms with van der Waals surface area (Å²) in [5.41, 5.74) is 1.13. The number of guanidine groups is 1. The summed E-state index contributed by atoms with van der Waals surface area (Å²) < 4.78 is 2.07. The van der Waals surface area contributed by atoms with Crippen LogP contribution in [-0.4, -0.2) is 45.8 Å². The number of halogens is 1. The second-order valence-electron chi connectivity index (χ2n) is 6.22. The van der Waals surface area contributed by atoms with Gasteiger partial charge in [-0.1, -0.05) is 30.7 Å². The third kappa shape index (κ3) is 7.42. The highest BCUT2D eigenvalue weighted by Gasteiger charge is 2.09. The van der Waals surface area contributed by atoms with Gasteiger partial charge in [-0.15, -0.1) is 10.2 Å². The van der Waals surface area contributed by atoms with Gasteiger partial charge >= 0.3 is 0 Å². The second kappa shape index (κ2) is 11.9. The molecule has 1 atom stereocenters. The molecule has 0 aliphatic heterocycles. The summed E-state index contributed by atoms with van der Waals surface area (Å²) in [6.07, 6.45) is 5.83. The minimum absolute atomic E-state index is 0.108. The van der Waals surface area contributed by atoms with Crippen LogP contribution in [0.4, 0.5) is 0 Å². The Bertz CT molecular complexity index is 718. The molecule has 0 aliphatic carbocycles. The van der Waals surface area contributed by atoms with Crippen LogP contribution in [0.15, 0.2) is 35.6 Å². The van der Waals surface area contributed by atoms with Crippen molar-refractivity contribution in [2.24, 2.45) is 4.99 Å². The molecule has 1 aromatic heterocycles. The maximum absolute atomic E-state index is 6.12. The van der Waals surface area contributed by atoms with Gasteiger partial charge in [-0.3, -0.25) is 4.99 Å². The normalized spacial score (nSPS) is 12.8. The quantitative estimate of drug-likeness (QED) is 0.357. The van der Waals surface area contributed by atoms with Crippen molar-refractivity contribution in [2.45, 2.75) is 39.3 Å². The summed E-state index contributed by atoms with van der Waals surface area (Å²) in [6.45, 7) is 6.54. The molecule has 0 aliphatic rings. The van der Waals surface area contributed by atoms with E-state index in [0.29, 0.717) is 0 Å². The highest BCUT2D eigenvalue weighted by Crippen LogP contribution is 2.17. The van der Waals surface area contributed by atoms with Gasteiger partial charge in [-0.05, 0) is 43.0 Å². The molecular formula is C19H29ClN6S. The van der Waals surface area contributed by atoms with E-state index in [-0.39, 0.29) is 6.04 Å². The van der Waals surface area contributed by atoms with Crippen LogP contribution in [0.3, 0.4) is 0 Å². The average Bonchev–Trinajstić information content (AvgIpc) is 3.12. The number of nitrogens with one attached hydrogen (secondary N) is 2. The molecule has 0 spiro atoms. The molecule has 0 saturated heterocycles. The van der Waals surface area contributed by atoms with Gasteiger partial charge in [0, 0.05) is 31.1 Å². The standard InChI is InChI=1S/C19H29ClN6S/c1-4-18-25-23-14-26(18)11-10-22-19(21-9-6-12-27-3)24-15(2)16-7-5-8-17(20)13-16/h5,7-8,13-15H,4,6,9-12H2,1-3H3,(H2,21,22,24). The van der Waals surface area contributed by atoms with Crippen molar-refractivity contribution < 1.29 is 0 Å². The molecule has 8 heteroatoms. The van der Waals surface area contributed by atoms with Crippen LogP contribution in [0, 0.1) is 0 Å². The number of rotatable bonds is 10. The molecule has 27 heavy (non-hydrogen) atoms. The van der Waals surface area contributed by atoms with Crippen LogP contribution in [0.2, 0.25) is 5.02 Å². The Morgan fingerprint density at radius 3 is 3.00 bits per heavy atom. The molecule has 0 radical (unpaired) electrons. The van der Waals surface area contributed by atoms with Crippen LogP contribution in [0.25, 0.3) is 0 Å². The van der Waals surface area contributed by atoms with E-state index in [0.717, 1.165) is 60.6 Å². The van der Waals surface area contributed by atoms with E-state index in [1.807, 2.05) is 30.0 Å². The molecule has 0 bridgehead atoms. The van der Waals surface area contributed by atoms with Gasteiger partial charge in [0.25, 0.3) is 0 Å². The fourth-order valence-corrected chi connectivity index (χ4v) is 3.27. The van der Waals surface area contributed by atoms with Crippen LogP contribution in [0.1, 0.15) is 37.7 Å². The Morgan fingerprint density at radius 2 is 2.26 bits per heavy atom. The van der Waals surface area contributed by atoms with E-state index in [9.17, 15) is 0 Å². The van der Waals surface area contributed by atoms with E-state index in [1.54, 1.807) is 6.33 Å². The first-order valence-electron chi connectivity index (χ1n) is 9.30. The average molecular weight is 409 g/mol. The Kier molecular flexibility index (Phi) is 9.48. The van der Waals surface area contributed by atoms with Crippen molar-refractivity contribution in [1.29, 1.82) is 0 Å². The number of aromatic nitrogens is 3. The maximum Gasteiger partial charge on any atom is 0.191 e. The van der Waals surface area contributed by atoms with Crippen molar-refractivity contribution >= 4 is 29.3 Å². The van der Waals surface area contributed by atoms with Crippen molar-refractivity contribution in [3.8, 4) is 0 Å². The summed E-state index contributed by atoms with van der Waals surface area (Å²) in [4.78, 5) is 4.72. The zero-order chi connectivity index (χ0) is 19.5. The molecule has 148 valence electrons. The first-order chi connectivity index (χ1) is 13.1. The number of benzene rings is 1. The van der Waals surface area contributed by atoms with E-state index in [2.05, 4.69) is 51.6 Å². The third-order valence-electron chi connectivity index (χ3n) is 4.14. The molecule has 2 N–H and O–H groups in total. The molecular weight excluding hydrogens is 380 g/mol. The lowest BCUT2D eigenvalue weighted by Gasteiger charge is -2.19. The fourth-order valence-electron chi connectivity index (χ4n) is 2.65. The fraction of sp³-hybridized carbons (Fsp3) is 0.526. The van der Waals surface area contributed by atoms with Crippen molar-refractivity contribution in [3.63, 3.8) is 0 Å². The smallest absolute Gasteiger partial charge is 0.191 e. The Balaban J connectivity index is 1.95. The van der Waals surface area contributed by atoms with Crippen molar-refractivity contribution in [2.75, 3.05) is 25.1 Å². The van der Waals surface area contributed by atoms with Gasteiger partial charge in [0.05, 0.1) is 6.04 Å². The summed E-state index contributed by atoms with van der Waals surface area (Å²) in [7, 11) is 0. The Hall–Kier alpha value is -1.73. The van der Waals surface area contributed by atoms with Gasteiger partial charge in [-0.25, -0.2) is 0 Å². The minimum atomic E-state index is 0.108.